The number of fused-ring (bicyclic) bond motifs is 1. The van der Waals surface area contributed by atoms with E-state index >= 15 is 0 Å². The smallest absolute Gasteiger partial charge is 0.190 e. The molecule has 0 unspecified atom stereocenters. The topological polar surface area (TPSA) is 54.1 Å². The van der Waals surface area contributed by atoms with Crippen molar-refractivity contribution in [1.82, 2.24) is 0 Å². The van der Waals surface area contributed by atoms with Gasteiger partial charge < -0.3 is 0 Å². The van der Waals surface area contributed by atoms with E-state index in [1.54, 1.807) is 0 Å². The third-order valence-corrected chi connectivity index (χ3v) is 5.20. The van der Waals surface area contributed by atoms with Gasteiger partial charge in [0.15, 0.2) is 11.3 Å². The minimum atomic E-state index is -0.863. The van der Waals surface area contributed by atoms with Crippen LogP contribution >= 0.6 is 0 Å². The van der Waals surface area contributed by atoms with E-state index in [9.17, 15) is 4.79 Å². The van der Waals surface area contributed by atoms with Gasteiger partial charge in [-0.3, -0.25) is 9.79 Å². The van der Waals surface area contributed by atoms with E-state index in [1.807, 2.05) is 36.4 Å². The number of carbonyl (C=O) groups excluding carboxylic acids is 1. The van der Waals surface area contributed by atoms with Crippen molar-refractivity contribution in [2.24, 2.45) is 32.0 Å². The van der Waals surface area contributed by atoms with Crippen LogP contribution < -0.4 is 0 Å². The number of benzene rings is 1. The van der Waals surface area contributed by atoms with Gasteiger partial charge >= 0.3 is 0 Å². The van der Waals surface area contributed by atoms with Gasteiger partial charge in [-0.1, -0.05) is 59.7 Å². The summed E-state index contributed by atoms with van der Waals surface area (Å²) in [5.74, 6) is -0.00271. The predicted molar refractivity (Wildman–Crippen MR) is 101 cm³/mol. The highest BCUT2D eigenvalue weighted by atomic mass is 16.1. The van der Waals surface area contributed by atoms with E-state index in [2.05, 4.69) is 51.8 Å². The number of para-hydroxylation sites is 1. The maximum atomic E-state index is 13.5. The van der Waals surface area contributed by atoms with Crippen LogP contribution in [0.3, 0.4) is 0 Å². The van der Waals surface area contributed by atoms with Gasteiger partial charge in [0.2, 0.25) is 0 Å². The lowest BCUT2D eigenvalue weighted by molar-refractivity contribution is -0.126. The molecule has 0 radical (unpaired) electrons. The normalized spacial score (nSPS) is 28.2. The molecule has 0 amide bonds. The zero-order chi connectivity index (χ0) is 18.5. The number of Topliss-reactive ketones (excluding diaryl/α,β-unsaturated/α-hetero) is 1. The van der Waals surface area contributed by atoms with Gasteiger partial charge in [-0.15, -0.1) is 0 Å². The van der Waals surface area contributed by atoms with E-state index in [4.69, 9.17) is 4.99 Å². The van der Waals surface area contributed by atoms with Crippen LogP contribution in [0, 0.1) is 16.7 Å². The first-order chi connectivity index (χ1) is 11.6. The van der Waals surface area contributed by atoms with Crippen LogP contribution in [0.15, 0.2) is 57.2 Å². The highest BCUT2D eigenvalue weighted by molar-refractivity contribution is 6.18. The average molecular weight is 337 g/mol. The molecule has 1 aromatic rings. The molecule has 132 valence electrons. The maximum Gasteiger partial charge on any atom is 0.190 e. The molecule has 0 saturated carbocycles. The minimum Gasteiger partial charge on any atom is -0.292 e. The van der Waals surface area contributed by atoms with Crippen LogP contribution in [-0.4, -0.2) is 23.6 Å². The summed E-state index contributed by atoms with van der Waals surface area (Å²) in [6.07, 6.45) is 1.99. The van der Waals surface area contributed by atoms with Gasteiger partial charge in [0.05, 0.1) is 18.2 Å². The van der Waals surface area contributed by atoms with Crippen molar-refractivity contribution in [2.45, 2.75) is 47.1 Å². The fourth-order valence-electron chi connectivity index (χ4n) is 3.80. The second kappa shape index (κ2) is 5.72. The van der Waals surface area contributed by atoms with Crippen LogP contribution in [-0.2, 0) is 4.79 Å². The lowest BCUT2D eigenvalue weighted by Gasteiger charge is -2.45. The minimum absolute atomic E-state index is 0.103. The molecule has 0 fully saturated rings. The van der Waals surface area contributed by atoms with Crippen molar-refractivity contribution < 1.29 is 4.79 Å². The highest BCUT2D eigenvalue weighted by Crippen LogP contribution is 2.51. The van der Waals surface area contributed by atoms with E-state index < -0.39 is 5.54 Å². The quantitative estimate of drug-likeness (QED) is 0.696. The number of ketones is 1. The van der Waals surface area contributed by atoms with Crippen LogP contribution in [0.2, 0.25) is 0 Å². The highest BCUT2D eigenvalue weighted by Gasteiger charge is 2.61. The van der Waals surface area contributed by atoms with Gasteiger partial charge in [-0.25, -0.2) is 0 Å². The summed E-state index contributed by atoms with van der Waals surface area (Å²) < 4.78 is 0. The number of azo groups is 1. The number of carbonyl (C=O) groups is 1. The molecule has 1 aliphatic carbocycles. The molecule has 0 aromatic heterocycles. The number of hydrogen-bond donors (Lipinski definition) is 0. The number of rotatable bonds is 1. The molecule has 1 aliphatic heterocycles. The zero-order valence-electron chi connectivity index (χ0n) is 16.0. The largest absolute Gasteiger partial charge is 0.292 e. The Labute approximate surface area is 150 Å². The van der Waals surface area contributed by atoms with E-state index in [1.165, 1.54) is 0 Å². The Morgan fingerprint density at radius 3 is 2.28 bits per heavy atom. The molecule has 2 aliphatic rings. The zero-order valence-corrected chi connectivity index (χ0v) is 16.0. The van der Waals surface area contributed by atoms with Gasteiger partial charge in [-0.05, 0) is 29.0 Å². The molecule has 3 rings (SSSR count). The van der Waals surface area contributed by atoms with Crippen LogP contribution in [0.4, 0.5) is 5.69 Å². The summed E-state index contributed by atoms with van der Waals surface area (Å²) in [6.45, 7) is 13.0. The molecule has 0 bridgehead atoms. The van der Waals surface area contributed by atoms with Crippen LogP contribution in [0.5, 0.6) is 0 Å². The van der Waals surface area contributed by atoms with Crippen LogP contribution in [0.25, 0.3) is 0 Å². The molecule has 0 saturated heterocycles. The monoisotopic (exact) mass is 337 g/mol. The first kappa shape index (κ1) is 17.7. The van der Waals surface area contributed by atoms with Crippen molar-refractivity contribution in [3.8, 4) is 0 Å². The summed E-state index contributed by atoms with van der Waals surface area (Å²) in [6, 6.07) is 9.89. The van der Waals surface area contributed by atoms with E-state index in [0.717, 1.165) is 17.0 Å². The molecule has 0 N–H and O–H groups in total. The van der Waals surface area contributed by atoms with Crippen LogP contribution in [0.1, 0.15) is 41.5 Å². The Bertz CT molecular complexity index is 776. The lowest BCUT2D eigenvalue weighted by Crippen LogP contribution is -2.58. The van der Waals surface area contributed by atoms with Crippen molar-refractivity contribution in [2.75, 3.05) is 6.54 Å². The molecule has 1 heterocycles. The fraction of sp³-hybridized carbons (Fsp3) is 0.524. The van der Waals surface area contributed by atoms with Crippen molar-refractivity contribution in [3.63, 3.8) is 0 Å². The molecular weight excluding hydrogens is 310 g/mol. The van der Waals surface area contributed by atoms with E-state index in [0.29, 0.717) is 6.54 Å². The van der Waals surface area contributed by atoms with Gasteiger partial charge in [-0.2, -0.15) is 10.2 Å². The average Bonchev–Trinajstić information content (AvgIpc) is 2.96. The molecule has 4 heteroatoms. The van der Waals surface area contributed by atoms with Gasteiger partial charge in [0.25, 0.3) is 0 Å². The fourth-order valence-corrected chi connectivity index (χ4v) is 3.80. The molecule has 25 heavy (non-hydrogen) atoms. The summed E-state index contributed by atoms with van der Waals surface area (Å²) in [5.41, 5.74) is 1.13. The lowest BCUT2D eigenvalue weighted by atomic mass is 9.57. The summed E-state index contributed by atoms with van der Waals surface area (Å²) in [5, 5.41) is 8.87. The SMILES string of the molecule is CC(C)(C)C1=CC(=Nc2ccccc2)[C@@H]2CN=N[C@@]2(C(C)(C)C)C1=O. The maximum absolute atomic E-state index is 13.5. The first-order valence-electron chi connectivity index (χ1n) is 8.86. The summed E-state index contributed by atoms with van der Waals surface area (Å²) in [7, 11) is 0. The molecular formula is C21H27N3O. The predicted octanol–water partition coefficient (Wildman–Crippen LogP) is 5.18. The second-order valence-corrected chi connectivity index (χ2v) is 9.00. The van der Waals surface area contributed by atoms with Gasteiger partial charge in [0.1, 0.15) is 0 Å². The van der Waals surface area contributed by atoms with Crippen molar-refractivity contribution in [3.05, 3.63) is 42.0 Å². The summed E-state index contributed by atoms with van der Waals surface area (Å²) >= 11 is 0. The number of aliphatic imine (C=N–C) groups is 1. The molecule has 1 aromatic carbocycles. The Balaban J connectivity index is 2.24. The number of nitrogens with zero attached hydrogens (tertiary/aromatic N) is 3. The summed E-state index contributed by atoms with van der Waals surface area (Å²) in [4.78, 5) is 18.4. The number of allylic oxidation sites excluding steroid dienone is 1. The Hall–Kier alpha value is -2.10. The van der Waals surface area contributed by atoms with E-state index in [-0.39, 0.29) is 22.5 Å². The first-order valence-corrected chi connectivity index (χ1v) is 8.86. The number of hydrogen-bond acceptors (Lipinski definition) is 4. The third kappa shape index (κ3) is 2.78. The Kier molecular flexibility index (Phi) is 4.05. The third-order valence-electron chi connectivity index (χ3n) is 5.20. The Morgan fingerprint density at radius 2 is 1.72 bits per heavy atom. The van der Waals surface area contributed by atoms with Gasteiger partial charge in [0, 0.05) is 11.3 Å². The Morgan fingerprint density at radius 1 is 1.08 bits per heavy atom. The molecule has 0 spiro atoms. The molecule has 2 atom stereocenters. The standard InChI is InChI=1S/C21H27N3O/c1-19(2,3)15-12-17(23-14-10-8-7-9-11-14)16-13-22-24-21(16,18(15)25)20(4,5)6/h7-12,16H,13H2,1-6H3/t16-,21+/m0/s1. The van der Waals surface area contributed by atoms with Crippen molar-refractivity contribution in [1.29, 1.82) is 0 Å². The second-order valence-electron chi connectivity index (χ2n) is 9.00. The molecule has 4 nitrogen and oxygen atoms in total. The van der Waals surface area contributed by atoms with Crippen molar-refractivity contribution >= 4 is 17.2 Å².